The SMILES string of the molecule is CC[Si](CC)(C1=CC=CC1)c1cc(C)cc([Si](C)(C)C)c1OC. The summed E-state index contributed by atoms with van der Waals surface area (Å²) in [7, 11) is -1.28. The molecule has 23 heavy (non-hydrogen) atoms. The standard InChI is InChI=1S/C20H32OSi2/c1-8-23(9-2,17-12-10-11-13-17)19-15-16(3)14-18(20(19)21-4)22(5,6)7/h10-12,14-15H,8-9,13H2,1-7H3. The number of rotatable bonds is 6. The van der Waals surface area contributed by atoms with Gasteiger partial charge in [0.05, 0.1) is 15.2 Å². The van der Waals surface area contributed by atoms with Gasteiger partial charge in [0.1, 0.15) is 13.8 Å². The molecule has 1 aromatic carbocycles. The Morgan fingerprint density at radius 2 is 1.65 bits per heavy atom. The van der Waals surface area contributed by atoms with E-state index in [-0.39, 0.29) is 0 Å². The molecule has 0 heterocycles. The first-order valence-corrected chi connectivity index (χ1v) is 14.8. The molecule has 0 aliphatic heterocycles. The van der Waals surface area contributed by atoms with Gasteiger partial charge in [0.2, 0.25) is 0 Å². The molecule has 0 saturated carbocycles. The summed E-state index contributed by atoms with van der Waals surface area (Å²) in [6, 6.07) is 7.31. The van der Waals surface area contributed by atoms with E-state index >= 15 is 0 Å². The van der Waals surface area contributed by atoms with Crippen molar-refractivity contribution in [3.05, 3.63) is 41.1 Å². The number of allylic oxidation sites excluding steroid dienone is 4. The van der Waals surface area contributed by atoms with Crippen LogP contribution in [0, 0.1) is 6.92 Å². The van der Waals surface area contributed by atoms with Crippen molar-refractivity contribution in [2.75, 3.05) is 7.11 Å². The molecule has 1 aliphatic carbocycles. The van der Waals surface area contributed by atoms with E-state index < -0.39 is 16.1 Å². The molecular formula is C20H32OSi2. The highest BCUT2D eigenvalue weighted by Crippen LogP contribution is 2.33. The van der Waals surface area contributed by atoms with Crippen LogP contribution in [0.1, 0.15) is 25.8 Å². The highest BCUT2D eigenvalue weighted by atomic mass is 28.3. The van der Waals surface area contributed by atoms with Crippen LogP contribution >= 0.6 is 0 Å². The minimum atomic E-state index is -1.70. The van der Waals surface area contributed by atoms with Crippen molar-refractivity contribution in [1.82, 2.24) is 0 Å². The highest BCUT2D eigenvalue weighted by Gasteiger charge is 2.39. The fourth-order valence-corrected chi connectivity index (χ4v) is 10.3. The van der Waals surface area contributed by atoms with Crippen LogP contribution in [0.3, 0.4) is 0 Å². The lowest BCUT2D eigenvalue weighted by Crippen LogP contribution is -2.52. The Bertz CT molecular complexity index is 632. The first-order valence-electron chi connectivity index (χ1n) is 8.86. The van der Waals surface area contributed by atoms with Gasteiger partial charge in [-0.25, -0.2) is 0 Å². The van der Waals surface area contributed by atoms with Gasteiger partial charge in [0.15, 0.2) is 0 Å². The molecule has 1 aromatic rings. The fraction of sp³-hybridized carbons (Fsp3) is 0.500. The number of benzene rings is 1. The van der Waals surface area contributed by atoms with Crippen molar-refractivity contribution in [1.29, 1.82) is 0 Å². The second-order valence-corrected chi connectivity index (χ2v) is 17.6. The van der Waals surface area contributed by atoms with Gasteiger partial charge >= 0.3 is 0 Å². The Morgan fingerprint density at radius 3 is 2.09 bits per heavy atom. The molecule has 2 rings (SSSR count). The summed E-state index contributed by atoms with van der Waals surface area (Å²) in [5.74, 6) is 1.21. The first-order chi connectivity index (χ1) is 10.8. The van der Waals surface area contributed by atoms with E-state index in [1.807, 2.05) is 7.11 Å². The van der Waals surface area contributed by atoms with Gasteiger partial charge < -0.3 is 4.74 Å². The largest absolute Gasteiger partial charge is 0.497 e. The summed E-state index contributed by atoms with van der Waals surface area (Å²) in [6.45, 7) is 14.3. The van der Waals surface area contributed by atoms with Gasteiger partial charge in [-0.2, -0.15) is 0 Å². The van der Waals surface area contributed by atoms with E-state index in [1.54, 1.807) is 5.20 Å². The third kappa shape index (κ3) is 3.27. The Kier molecular flexibility index (Phi) is 5.42. The molecule has 1 aliphatic rings. The molecule has 0 radical (unpaired) electrons. The van der Waals surface area contributed by atoms with Crippen molar-refractivity contribution in [3.8, 4) is 5.75 Å². The summed E-state index contributed by atoms with van der Waals surface area (Å²) in [6.07, 6.45) is 8.07. The predicted octanol–water partition coefficient (Wildman–Crippen LogP) is 4.67. The lowest BCUT2D eigenvalue weighted by Gasteiger charge is -2.35. The smallest absolute Gasteiger partial charge is 0.118 e. The van der Waals surface area contributed by atoms with Crippen molar-refractivity contribution in [2.45, 2.75) is 58.9 Å². The van der Waals surface area contributed by atoms with Crippen LogP contribution < -0.4 is 15.1 Å². The van der Waals surface area contributed by atoms with Crippen LogP contribution in [0.2, 0.25) is 31.7 Å². The Labute approximate surface area is 144 Å². The number of hydrogen-bond donors (Lipinski definition) is 0. The molecule has 1 nitrogen and oxygen atoms in total. The summed E-state index contributed by atoms with van der Waals surface area (Å²) >= 11 is 0. The van der Waals surface area contributed by atoms with Crippen molar-refractivity contribution < 1.29 is 4.74 Å². The number of aryl methyl sites for hydroxylation is 1. The zero-order valence-electron chi connectivity index (χ0n) is 15.9. The molecular weight excluding hydrogens is 312 g/mol. The summed E-state index contributed by atoms with van der Waals surface area (Å²) in [5, 5.41) is 4.70. The molecule has 0 unspecified atom stereocenters. The number of hydrogen-bond acceptors (Lipinski definition) is 1. The van der Waals surface area contributed by atoms with Crippen LogP contribution in [0.4, 0.5) is 0 Å². The van der Waals surface area contributed by atoms with Gasteiger partial charge in [-0.1, -0.05) is 86.7 Å². The van der Waals surface area contributed by atoms with Gasteiger partial charge in [-0.05, 0) is 23.7 Å². The Hall–Kier alpha value is -1.07. The topological polar surface area (TPSA) is 9.23 Å². The molecule has 3 heteroatoms. The van der Waals surface area contributed by atoms with Crippen molar-refractivity contribution in [3.63, 3.8) is 0 Å². The third-order valence-electron chi connectivity index (χ3n) is 5.35. The number of ether oxygens (including phenoxy) is 1. The molecule has 0 atom stereocenters. The minimum absolute atomic E-state index is 1.13. The average molecular weight is 345 g/mol. The maximum atomic E-state index is 6.05. The first kappa shape index (κ1) is 18.3. The molecule has 126 valence electrons. The Balaban J connectivity index is 2.76. The van der Waals surface area contributed by atoms with Crippen LogP contribution in [-0.2, 0) is 0 Å². The second kappa shape index (κ2) is 6.82. The lowest BCUT2D eigenvalue weighted by molar-refractivity contribution is 0.421. The number of methoxy groups -OCH3 is 1. The molecule has 0 fully saturated rings. The quantitative estimate of drug-likeness (QED) is 0.681. The second-order valence-electron chi connectivity index (χ2n) is 7.76. The van der Waals surface area contributed by atoms with Gasteiger partial charge in [-0.15, -0.1) is 0 Å². The lowest BCUT2D eigenvalue weighted by atomic mass is 10.2. The van der Waals surface area contributed by atoms with E-state index in [9.17, 15) is 0 Å². The molecule has 0 aromatic heterocycles. The summed E-state index contributed by atoms with van der Waals surface area (Å²) in [4.78, 5) is 0. The zero-order valence-corrected chi connectivity index (χ0v) is 17.9. The van der Waals surface area contributed by atoms with E-state index in [1.165, 1.54) is 33.8 Å². The van der Waals surface area contributed by atoms with Crippen LogP contribution in [-0.4, -0.2) is 23.3 Å². The maximum absolute atomic E-state index is 6.05. The summed E-state index contributed by atoms with van der Waals surface area (Å²) in [5.41, 5.74) is 1.39. The van der Waals surface area contributed by atoms with Crippen molar-refractivity contribution >= 4 is 26.5 Å². The molecule has 0 bridgehead atoms. The van der Waals surface area contributed by atoms with E-state index in [0.717, 1.165) is 6.42 Å². The van der Waals surface area contributed by atoms with Crippen LogP contribution in [0.15, 0.2) is 35.6 Å². The maximum Gasteiger partial charge on any atom is 0.118 e. The minimum Gasteiger partial charge on any atom is -0.497 e. The third-order valence-corrected chi connectivity index (χ3v) is 12.8. The normalized spacial score (nSPS) is 15.0. The monoisotopic (exact) mass is 344 g/mol. The van der Waals surface area contributed by atoms with Gasteiger partial charge in [-0.3, -0.25) is 0 Å². The van der Waals surface area contributed by atoms with E-state index in [4.69, 9.17) is 4.74 Å². The average Bonchev–Trinajstić information content (AvgIpc) is 3.02. The zero-order chi connectivity index (χ0) is 17.3. The molecule has 0 amide bonds. The van der Waals surface area contributed by atoms with E-state index in [0.29, 0.717) is 0 Å². The fourth-order valence-electron chi connectivity index (χ4n) is 3.97. The predicted molar refractivity (Wildman–Crippen MR) is 109 cm³/mol. The van der Waals surface area contributed by atoms with Gasteiger partial charge in [0.25, 0.3) is 0 Å². The van der Waals surface area contributed by atoms with Crippen LogP contribution in [0.25, 0.3) is 0 Å². The van der Waals surface area contributed by atoms with Gasteiger partial charge in [0, 0.05) is 0 Å². The Morgan fingerprint density at radius 1 is 1.04 bits per heavy atom. The highest BCUT2D eigenvalue weighted by molar-refractivity contribution is 6.99. The van der Waals surface area contributed by atoms with E-state index in [2.05, 4.69) is 70.8 Å². The van der Waals surface area contributed by atoms with Crippen LogP contribution in [0.5, 0.6) is 5.75 Å². The molecule has 0 saturated heterocycles. The molecule has 0 spiro atoms. The summed E-state index contributed by atoms with van der Waals surface area (Å²) < 4.78 is 6.05. The van der Waals surface area contributed by atoms with Crippen molar-refractivity contribution in [2.24, 2.45) is 0 Å². The molecule has 0 N–H and O–H groups in total.